The van der Waals surface area contributed by atoms with Gasteiger partial charge in [0.1, 0.15) is 22.0 Å². The lowest BCUT2D eigenvalue weighted by Crippen LogP contribution is -2.59. The van der Waals surface area contributed by atoms with Crippen molar-refractivity contribution < 1.29 is 22.7 Å². The summed E-state index contributed by atoms with van der Waals surface area (Å²) in [6, 6.07) is 6.39. The molecule has 1 unspecified atom stereocenters. The van der Waals surface area contributed by atoms with Crippen molar-refractivity contribution in [2.24, 2.45) is 0 Å². The third-order valence-electron chi connectivity index (χ3n) is 4.39. The third kappa shape index (κ3) is 6.10. The molecular weight excluding hydrogens is 404 g/mol. The molecule has 0 spiro atoms. The minimum absolute atomic E-state index is 0.0308. The number of benzene rings is 1. The van der Waals surface area contributed by atoms with Gasteiger partial charge < -0.3 is 9.64 Å². The highest BCUT2D eigenvalue weighted by atomic mass is 35.5. The van der Waals surface area contributed by atoms with Crippen LogP contribution in [0.3, 0.4) is 0 Å². The molecule has 1 heterocycles. The molecule has 0 saturated carbocycles. The first kappa shape index (κ1) is 22.5. The summed E-state index contributed by atoms with van der Waals surface area (Å²) in [6.07, 6.45) is -0.398. The SMILES string of the molecule is CCS(=O)(=O)CCC1CN(c2cccc(Cl)c2)C(=O)CN1C(=O)OC(C)(C)C. The number of sulfone groups is 1. The molecule has 1 aromatic carbocycles. The van der Waals surface area contributed by atoms with Gasteiger partial charge in [0.2, 0.25) is 5.91 Å². The molecule has 1 aliphatic heterocycles. The fourth-order valence-electron chi connectivity index (χ4n) is 2.91. The van der Waals surface area contributed by atoms with E-state index in [1.54, 1.807) is 52.0 Å². The van der Waals surface area contributed by atoms with Crippen molar-refractivity contribution in [3.8, 4) is 0 Å². The second-order valence-corrected chi connectivity index (χ2v) is 10.7. The van der Waals surface area contributed by atoms with E-state index in [9.17, 15) is 18.0 Å². The van der Waals surface area contributed by atoms with Gasteiger partial charge in [0.15, 0.2) is 0 Å². The number of anilines is 1. The van der Waals surface area contributed by atoms with Crippen molar-refractivity contribution in [3.05, 3.63) is 29.3 Å². The molecule has 0 aliphatic carbocycles. The van der Waals surface area contributed by atoms with Crippen LogP contribution in [-0.4, -0.2) is 61.6 Å². The highest BCUT2D eigenvalue weighted by molar-refractivity contribution is 7.91. The van der Waals surface area contributed by atoms with Crippen LogP contribution in [0.2, 0.25) is 5.02 Å². The largest absolute Gasteiger partial charge is 0.444 e. The number of rotatable bonds is 5. The molecular formula is C19H27ClN2O5S. The van der Waals surface area contributed by atoms with Gasteiger partial charge in [-0.05, 0) is 45.4 Å². The maximum absolute atomic E-state index is 12.7. The summed E-state index contributed by atoms with van der Waals surface area (Å²) in [7, 11) is -3.21. The van der Waals surface area contributed by atoms with Gasteiger partial charge >= 0.3 is 6.09 Å². The van der Waals surface area contributed by atoms with Gasteiger partial charge in [-0.15, -0.1) is 0 Å². The van der Waals surface area contributed by atoms with Gasteiger partial charge in [-0.25, -0.2) is 13.2 Å². The van der Waals surface area contributed by atoms with E-state index in [-0.39, 0.29) is 36.9 Å². The van der Waals surface area contributed by atoms with Crippen LogP contribution in [0.15, 0.2) is 24.3 Å². The van der Waals surface area contributed by atoms with Crippen LogP contribution < -0.4 is 4.90 Å². The van der Waals surface area contributed by atoms with E-state index in [0.717, 1.165) is 0 Å². The molecule has 0 aromatic heterocycles. The second-order valence-electron chi connectivity index (χ2n) is 7.77. The standard InChI is InChI=1S/C19H27ClN2O5S/c1-5-28(25,26)10-9-16-12-21(15-8-6-7-14(20)11-15)17(23)13-22(16)18(24)27-19(2,3)4/h6-8,11,16H,5,9-10,12-13H2,1-4H3. The third-order valence-corrected chi connectivity index (χ3v) is 6.36. The molecule has 2 amide bonds. The van der Waals surface area contributed by atoms with Crippen molar-refractivity contribution in [2.45, 2.75) is 45.8 Å². The van der Waals surface area contributed by atoms with Gasteiger partial charge in [0.05, 0.1) is 11.8 Å². The van der Waals surface area contributed by atoms with Crippen molar-refractivity contribution >= 4 is 39.1 Å². The van der Waals surface area contributed by atoms with E-state index < -0.39 is 27.6 Å². The van der Waals surface area contributed by atoms with Gasteiger partial charge in [0, 0.05) is 23.0 Å². The quantitative estimate of drug-likeness (QED) is 0.716. The normalized spacial score (nSPS) is 18.3. The maximum Gasteiger partial charge on any atom is 0.411 e. The van der Waals surface area contributed by atoms with Crippen LogP contribution >= 0.6 is 11.6 Å². The summed E-state index contributed by atoms with van der Waals surface area (Å²) in [5.41, 5.74) is -0.103. The van der Waals surface area contributed by atoms with E-state index in [4.69, 9.17) is 16.3 Å². The zero-order valence-corrected chi connectivity index (χ0v) is 18.2. The number of nitrogens with zero attached hydrogens (tertiary/aromatic N) is 2. The van der Waals surface area contributed by atoms with E-state index in [1.165, 1.54) is 9.80 Å². The Morgan fingerprint density at radius 1 is 1.32 bits per heavy atom. The Morgan fingerprint density at radius 3 is 2.57 bits per heavy atom. The summed E-state index contributed by atoms with van der Waals surface area (Å²) < 4.78 is 29.4. The fourth-order valence-corrected chi connectivity index (χ4v) is 4.01. The molecule has 7 nitrogen and oxygen atoms in total. The first-order chi connectivity index (χ1) is 12.9. The minimum Gasteiger partial charge on any atom is -0.444 e. The number of carbonyl (C=O) groups is 2. The molecule has 1 aliphatic rings. The van der Waals surface area contributed by atoms with Crippen LogP contribution in [-0.2, 0) is 19.4 Å². The Kier molecular flexibility index (Phi) is 6.98. The number of halogens is 1. The zero-order chi connectivity index (χ0) is 21.1. The van der Waals surface area contributed by atoms with Crippen LogP contribution in [0.25, 0.3) is 0 Å². The Hall–Kier alpha value is -1.80. The lowest BCUT2D eigenvalue weighted by Gasteiger charge is -2.41. The molecule has 0 radical (unpaired) electrons. The predicted molar refractivity (Wildman–Crippen MR) is 109 cm³/mol. The number of hydrogen-bond donors (Lipinski definition) is 0. The first-order valence-electron chi connectivity index (χ1n) is 9.18. The van der Waals surface area contributed by atoms with Crippen molar-refractivity contribution in [1.29, 1.82) is 0 Å². The van der Waals surface area contributed by atoms with Crippen LogP contribution in [0.4, 0.5) is 10.5 Å². The first-order valence-corrected chi connectivity index (χ1v) is 11.4. The van der Waals surface area contributed by atoms with Crippen molar-refractivity contribution in [2.75, 3.05) is 29.5 Å². The predicted octanol–water partition coefficient (Wildman–Crippen LogP) is 3.12. The topological polar surface area (TPSA) is 84.0 Å². The van der Waals surface area contributed by atoms with Crippen molar-refractivity contribution in [1.82, 2.24) is 4.90 Å². The molecule has 1 atom stereocenters. The van der Waals surface area contributed by atoms with Gasteiger partial charge in [-0.3, -0.25) is 9.69 Å². The maximum atomic E-state index is 12.7. The monoisotopic (exact) mass is 430 g/mol. The summed E-state index contributed by atoms with van der Waals surface area (Å²) in [5.74, 6) is -0.309. The molecule has 156 valence electrons. The molecule has 28 heavy (non-hydrogen) atoms. The van der Waals surface area contributed by atoms with E-state index in [2.05, 4.69) is 0 Å². The molecule has 0 N–H and O–H groups in total. The van der Waals surface area contributed by atoms with Gasteiger partial charge in [-0.2, -0.15) is 0 Å². The summed E-state index contributed by atoms with van der Waals surface area (Å²) in [6.45, 7) is 6.81. The number of carbonyl (C=O) groups excluding carboxylic acids is 2. The number of piperazine rings is 1. The average Bonchev–Trinajstić information content (AvgIpc) is 2.59. The molecule has 0 bridgehead atoms. The number of amides is 2. The Labute approximate surface area is 171 Å². The lowest BCUT2D eigenvalue weighted by atomic mass is 10.1. The summed E-state index contributed by atoms with van der Waals surface area (Å²) in [5, 5.41) is 0.491. The van der Waals surface area contributed by atoms with Crippen LogP contribution in [0.1, 0.15) is 34.1 Å². The molecule has 1 aromatic rings. The minimum atomic E-state index is -3.21. The van der Waals surface area contributed by atoms with Gasteiger partial charge in [0.25, 0.3) is 0 Å². The molecule has 2 rings (SSSR count). The van der Waals surface area contributed by atoms with E-state index >= 15 is 0 Å². The average molecular weight is 431 g/mol. The zero-order valence-electron chi connectivity index (χ0n) is 16.6. The summed E-state index contributed by atoms with van der Waals surface area (Å²) >= 11 is 6.04. The fraction of sp³-hybridized carbons (Fsp3) is 0.579. The van der Waals surface area contributed by atoms with E-state index in [1.807, 2.05) is 0 Å². The smallest absolute Gasteiger partial charge is 0.411 e. The highest BCUT2D eigenvalue weighted by Crippen LogP contribution is 2.26. The number of hydrogen-bond acceptors (Lipinski definition) is 5. The van der Waals surface area contributed by atoms with Crippen LogP contribution in [0.5, 0.6) is 0 Å². The Bertz CT molecular complexity index is 835. The van der Waals surface area contributed by atoms with Crippen molar-refractivity contribution in [3.63, 3.8) is 0 Å². The lowest BCUT2D eigenvalue weighted by molar-refractivity contribution is -0.122. The molecule has 1 fully saturated rings. The van der Waals surface area contributed by atoms with Crippen LogP contribution in [0, 0.1) is 0 Å². The molecule has 1 saturated heterocycles. The number of ether oxygens (including phenoxy) is 1. The van der Waals surface area contributed by atoms with E-state index in [0.29, 0.717) is 10.7 Å². The van der Waals surface area contributed by atoms with Gasteiger partial charge in [-0.1, -0.05) is 24.6 Å². The second kappa shape index (κ2) is 8.69. The summed E-state index contributed by atoms with van der Waals surface area (Å²) in [4.78, 5) is 28.2. The Balaban J connectivity index is 2.27. The Morgan fingerprint density at radius 2 is 2.00 bits per heavy atom. The molecule has 9 heteroatoms. The highest BCUT2D eigenvalue weighted by Gasteiger charge is 2.38.